The van der Waals surface area contributed by atoms with E-state index in [1.54, 1.807) is 14.2 Å². The van der Waals surface area contributed by atoms with E-state index in [1.807, 2.05) is 13.5 Å². The molecule has 0 spiro atoms. The predicted octanol–water partition coefficient (Wildman–Crippen LogP) is 2.25. The van der Waals surface area contributed by atoms with Crippen LogP contribution in [-0.2, 0) is 18.4 Å². The molecular weight excluding hydrogens is 224 g/mol. The van der Waals surface area contributed by atoms with Crippen LogP contribution in [0.15, 0.2) is 12.7 Å². The Morgan fingerprint density at radius 2 is 2.00 bits per heavy atom. The van der Waals surface area contributed by atoms with Crippen LogP contribution in [0.2, 0.25) is 12.6 Å². The van der Waals surface area contributed by atoms with Crippen LogP contribution in [-0.4, -0.2) is 34.9 Å². The lowest BCUT2D eigenvalue weighted by Crippen LogP contribution is -2.36. The molecule has 0 fully saturated rings. The SMILES string of the molecule is C=CC(=O)OC(C)CCC[Si](C)(OC)OC. The van der Waals surface area contributed by atoms with Gasteiger partial charge in [-0.3, -0.25) is 0 Å². The van der Waals surface area contributed by atoms with Gasteiger partial charge < -0.3 is 13.6 Å². The molecule has 0 saturated carbocycles. The minimum atomic E-state index is -1.97. The van der Waals surface area contributed by atoms with Crippen molar-refractivity contribution >= 4 is 14.5 Å². The molecule has 0 rings (SSSR count). The summed E-state index contributed by atoms with van der Waals surface area (Å²) in [6, 6.07) is 0.899. The normalized spacial score (nSPS) is 13.2. The summed E-state index contributed by atoms with van der Waals surface area (Å²) in [5, 5.41) is 0. The zero-order valence-electron chi connectivity index (χ0n) is 10.6. The summed E-state index contributed by atoms with van der Waals surface area (Å²) >= 11 is 0. The van der Waals surface area contributed by atoms with Gasteiger partial charge in [0.1, 0.15) is 0 Å². The molecule has 0 aliphatic carbocycles. The molecule has 0 bridgehead atoms. The highest BCUT2D eigenvalue weighted by Crippen LogP contribution is 2.16. The van der Waals surface area contributed by atoms with E-state index in [-0.39, 0.29) is 12.1 Å². The first kappa shape index (κ1) is 15.3. The van der Waals surface area contributed by atoms with Crippen LogP contribution in [0.25, 0.3) is 0 Å². The predicted molar refractivity (Wildman–Crippen MR) is 65.4 cm³/mol. The van der Waals surface area contributed by atoms with Crippen molar-refractivity contribution in [3.63, 3.8) is 0 Å². The third-order valence-electron chi connectivity index (χ3n) is 2.59. The van der Waals surface area contributed by atoms with Crippen LogP contribution < -0.4 is 0 Å². The Kier molecular flexibility index (Phi) is 7.28. The largest absolute Gasteiger partial charge is 0.460 e. The fourth-order valence-corrected chi connectivity index (χ4v) is 2.72. The molecule has 0 aromatic heterocycles. The smallest absolute Gasteiger partial charge is 0.334 e. The van der Waals surface area contributed by atoms with Crippen molar-refractivity contribution < 1.29 is 18.4 Å². The lowest BCUT2D eigenvalue weighted by Gasteiger charge is -2.23. The summed E-state index contributed by atoms with van der Waals surface area (Å²) in [5.41, 5.74) is 0. The van der Waals surface area contributed by atoms with Gasteiger partial charge >= 0.3 is 14.5 Å². The van der Waals surface area contributed by atoms with Gasteiger partial charge in [0.2, 0.25) is 0 Å². The Bertz CT molecular complexity index is 226. The minimum Gasteiger partial charge on any atom is -0.460 e. The molecule has 0 N–H and O–H groups in total. The number of ether oxygens (including phenoxy) is 1. The maximum Gasteiger partial charge on any atom is 0.334 e. The molecule has 4 nitrogen and oxygen atoms in total. The minimum absolute atomic E-state index is 0.0857. The third-order valence-corrected chi connectivity index (χ3v) is 5.58. The van der Waals surface area contributed by atoms with E-state index < -0.39 is 8.56 Å². The highest BCUT2D eigenvalue weighted by Gasteiger charge is 2.28. The fourth-order valence-electron chi connectivity index (χ4n) is 1.30. The molecule has 0 heterocycles. The molecule has 0 saturated heterocycles. The Balaban J connectivity index is 3.80. The maximum absolute atomic E-state index is 10.9. The summed E-state index contributed by atoms with van der Waals surface area (Å²) < 4.78 is 15.8. The topological polar surface area (TPSA) is 44.8 Å². The maximum atomic E-state index is 10.9. The second-order valence-electron chi connectivity index (χ2n) is 3.89. The first-order valence-corrected chi connectivity index (χ1v) is 7.93. The van der Waals surface area contributed by atoms with Crippen molar-refractivity contribution in [2.24, 2.45) is 0 Å². The van der Waals surface area contributed by atoms with Crippen molar-refractivity contribution in [3.05, 3.63) is 12.7 Å². The van der Waals surface area contributed by atoms with Gasteiger partial charge in [0.25, 0.3) is 0 Å². The van der Waals surface area contributed by atoms with Crippen molar-refractivity contribution in [2.45, 2.75) is 38.5 Å². The standard InChI is InChI=1S/C11H22O4Si/c1-6-11(12)15-10(2)8-7-9-16(5,13-3)14-4/h6,10H,1,7-9H2,2-5H3. The third kappa shape index (κ3) is 6.04. The van der Waals surface area contributed by atoms with Crippen LogP contribution in [0.3, 0.4) is 0 Å². The Morgan fingerprint density at radius 1 is 1.44 bits per heavy atom. The second-order valence-corrected chi connectivity index (χ2v) is 7.47. The number of hydrogen-bond acceptors (Lipinski definition) is 4. The highest BCUT2D eigenvalue weighted by molar-refractivity contribution is 6.65. The summed E-state index contributed by atoms with van der Waals surface area (Å²) in [6.45, 7) is 7.25. The Morgan fingerprint density at radius 3 is 2.44 bits per heavy atom. The summed E-state index contributed by atoms with van der Waals surface area (Å²) in [6.07, 6.45) is 2.84. The van der Waals surface area contributed by atoms with Gasteiger partial charge in [-0.1, -0.05) is 6.58 Å². The molecule has 0 aromatic carbocycles. The van der Waals surface area contributed by atoms with Crippen molar-refractivity contribution in [1.29, 1.82) is 0 Å². The van der Waals surface area contributed by atoms with E-state index in [0.717, 1.165) is 18.9 Å². The molecule has 0 aliphatic heterocycles. The molecule has 5 heteroatoms. The molecule has 1 unspecified atom stereocenters. The first-order chi connectivity index (χ1) is 7.47. The lowest BCUT2D eigenvalue weighted by atomic mass is 10.2. The first-order valence-electron chi connectivity index (χ1n) is 5.40. The number of esters is 1. The molecule has 0 aromatic rings. The number of carbonyl (C=O) groups excluding carboxylic acids is 1. The number of hydrogen-bond donors (Lipinski definition) is 0. The second kappa shape index (κ2) is 7.59. The van der Waals surface area contributed by atoms with Gasteiger partial charge in [-0.05, 0) is 32.4 Å². The van der Waals surface area contributed by atoms with Crippen LogP contribution >= 0.6 is 0 Å². The molecule has 16 heavy (non-hydrogen) atoms. The highest BCUT2D eigenvalue weighted by atomic mass is 28.4. The summed E-state index contributed by atoms with van der Waals surface area (Å²) in [7, 11) is 1.38. The van der Waals surface area contributed by atoms with Crippen molar-refractivity contribution in [1.82, 2.24) is 0 Å². The molecule has 0 aliphatic rings. The van der Waals surface area contributed by atoms with Crippen molar-refractivity contribution in [3.8, 4) is 0 Å². The average Bonchev–Trinajstić information content (AvgIpc) is 2.28. The van der Waals surface area contributed by atoms with E-state index in [9.17, 15) is 4.79 Å². The molecule has 0 amide bonds. The zero-order valence-corrected chi connectivity index (χ0v) is 11.6. The Labute approximate surface area is 98.8 Å². The van der Waals surface area contributed by atoms with Gasteiger partial charge in [0.15, 0.2) is 0 Å². The number of carbonyl (C=O) groups is 1. The van der Waals surface area contributed by atoms with Crippen LogP contribution in [0.4, 0.5) is 0 Å². The van der Waals surface area contributed by atoms with Gasteiger partial charge in [0, 0.05) is 20.3 Å². The monoisotopic (exact) mass is 246 g/mol. The van der Waals surface area contributed by atoms with E-state index in [2.05, 4.69) is 6.58 Å². The summed E-state index contributed by atoms with van der Waals surface area (Å²) in [5.74, 6) is -0.369. The zero-order chi connectivity index (χ0) is 12.6. The molecular formula is C11H22O4Si. The van der Waals surface area contributed by atoms with E-state index in [1.165, 1.54) is 6.08 Å². The lowest BCUT2D eigenvalue weighted by molar-refractivity contribution is -0.142. The number of rotatable bonds is 8. The van der Waals surface area contributed by atoms with Gasteiger partial charge in [-0.25, -0.2) is 4.79 Å². The average molecular weight is 246 g/mol. The Hall–Kier alpha value is -0.653. The van der Waals surface area contributed by atoms with Crippen LogP contribution in [0.1, 0.15) is 19.8 Å². The fraction of sp³-hybridized carbons (Fsp3) is 0.727. The van der Waals surface area contributed by atoms with Crippen LogP contribution in [0, 0.1) is 0 Å². The van der Waals surface area contributed by atoms with Gasteiger partial charge in [-0.2, -0.15) is 0 Å². The van der Waals surface area contributed by atoms with Crippen LogP contribution in [0.5, 0.6) is 0 Å². The molecule has 0 radical (unpaired) electrons. The molecule has 94 valence electrons. The quantitative estimate of drug-likeness (QED) is 0.374. The van der Waals surface area contributed by atoms with Gasteiger partial charge in [0.05, 0.1) is 6.10 Å². The molecule has 1 atom stereocenters. The summed E-state index contributed by atoms with van der Waals surface area (Å²) in [4.78, 5) is 10.9. The van der Waals surface area contributed by atoms with E-state index in [0.29, 0.717) is 0 Å². The van der Waals surface area contributed by atoms with E-state index in [4.69, 9.17) is 13.6 Å². The van der Waals surface area contributed by atoms with E-state index >= 15 is 0 Å². The van der Waals surface area contributed by atoms with Crippen molar-refractivity contribution in [2.75, 3.05) is 14.2 Å². The van der Waals surface area contributed by atoms with Gasteiger partial charge in [-0.15, -0.1) is 0 Å².